The summed E-state index contributed by atoms with van der Waals surface area (Å²) in [5.74, 6) is -8.31. The van der Waals surface area contributed by atoms with E-state index in [4.69, 9.17) is 28.4 Å². The Morgan fingerprint density at radius 3 is 0.827 bits per heavy atom. The van der Waals surface area contributed by atoms with E-state index in [2.05, 4.69) is 0 Å². The maximum Gasteiger partial charge on any atom is 0.202 e. The molecule has 16 atom stereocenters. The van der Waals surface area contributed by atoms with Crippen LogP contribution < -0.4 is 28.4 Å². The Hall–Kier alpha value is -15.4. The lowest BCUT2D eigenvalue weighted by molar-refractivity contribution is -0.0710. The van der Waals surface area contributed by atoms with Gasteiger partial charge in [-0.1, -0.05) is 78.9 Å². The summed E-state index contributed by atoms with van der Waals surface area (Å²) in [6.45, 7) is 0. The van der Waals surface area contributed by atoms with Gasteiger partial charge in [0.25, 0.3) is 0 Å². The number of aliphatic hydroxyl groups excluding tert-OH is 10. The molecule has 0 aliphatic carbocycles. The van der Waals surface area contributed by atoms with Crippen molar-refractivity contribution < 1.29 is 186 Å². The topological polar surface area (TPSA) is 676 Å². The minimum absolute atomic E-state index is 0.00725. The number of phenols is 19. The number of ether oxygens (including phenoxy) is 6. The fourth-order valence-electron chi connectivity index (χ4n) is 14.3. The standard InChI is InChI=1S/2C15H14O7.2C15H14O6.C15H12O6.C15H12O5/c2*16-8-3-1-6(5-10(8)18)14-13(21)11(19)7-2-4-9(17)12(20)15(7)22-14;3*16-8-3-1-7(2-4-8)14-13(20)11(18)9-5-6-10(17)12(19)15(9)21-14;16-9-6-10(17)12-11(7-9)20-15(14(19)13(12)18)8-4-2-1-3-5-8/h2*1-5,11,13-14,16-21H;2*1-6,11,13-14,16-20H;1-6,13-14,16-17,19-20H;1-7,14-17,19H/t11-,13+,14+;3*11-,13-,14-;13-,14-;14-,15+/m011110/s1. The Morgan fingerprint density at radius 2 is 0.480 bits per heavy atom. The van der Waals surface area contributed by atoms with Gasteiger partial charge in [0.15, 0.2) is 135 Å². The number of carbonyl (C=O) groups excluding carboxylic acids is 2. The predicted molar refractivity (Wildman–Crippen MR) is 434 cm³/mol. The number of phenolic OH excluding ortho intramolecular Hbond substituents is 19. The van der Waals surface area contributed by atoms with E-state index < -0.39 is 172 Å². The molecule has 0 unspecified atom stereocenters. The number of Topliss-reactive ketones (excluding diaryl/α,β-unsaturated/α-hetero) is 2. The molecule has 662 valence electrons. The van der Waals surface area contributed by atoms with Crippen LogP contribution in [0.3, 0.4) is 0 Å². The van der Waals surface area contributed by atoms with Crippen LogP contribution in [0, 0.1) is 0 Å². The summed E-state index contributed by atoms with van der Waals surface area (Å²) in [6.07, 6.45) is -19.2. The third-order valence-corrected chi connectivity index (χ3v) is 21.1. The number of hydrogen-bond acceptors (Lipinski definition) is 37. The van der Waals surface area contributed by atoms with Gasteiger partial charge in [-0.2, -0.15) is 0 Å². The minimum atomic E-state index is -1.44. The van der Waals surface area contributed by atoms with Crippen molar-refractivity contribution in [2.45, 2.75) is 97.7 Å². The van der Waals surface area contributed by atoms with Crippen molar-refractivity contribution in [1.82, 2.24) is 0 Å². The van der Waals surface area contributed by atoms with Crippen molar-refractivity contribution in [2.75, 3.05) is 0 Å². The molecule has 37 nitrogen and oxygen atoms in total. The number of aromatic hydroxyl groups is 19. The first-order valence-corrected chi connectivity index (χ1v) is 38.0. The molecule has 0 aromatic heterocycles. The number of ketones is 2. The van der Waals surface area contributed by atoms with E-state index in [9.17, 15) is 158 Å². The number of benzene rings is 12. The van der Waals surface area contributed by atoms with Gasteiger partial charge in [0, 0.05) is 34.4 Å². The van der Waals surface area contributed by atoms with Crippen molar-refractivity contribution >= 4 is 11.6 Å². The number of aliphatic hydroxyl groups is 10. The highest BCUT2D eigenvalue weighted by Crippen LogP contribution is 2.55. The molecule has 0 saturated carbocycles. The second-order valence-corrected chi connectivity index (χ2v) is 29.3. The van der Waals surface area contributed by atoms with Gasteiger partial charge in [-0.25, -0.2) is 0 Å². The fourth-order valence-corrected chi connectivity index (χ4v) is 14.3. The highest BCUT2D eigenvalue weighted by molar-refractivity contribution is 6.06. The van der Waals surface area contributed by atoms with Crippen LogP contribution in [0.25, 0.3) is 0 Å². The first kappa shape index (κ1) is 89.3. The van der Waals surface area contributed by atoms with E-state index in [1.54, 1.807) is 48.5 Å². The molecule has 0 fully saturated rings. The Balaban J connectivity index is 0.000000130. The molecule has 0 spiro atoms. The van der Waals surface area contributed by atoms with E-state index in [-0.39, 0.29) is 125 Å². The van der Waals surface area contributed by atoms with Gasteiger partial charge >= 0.3 is 0 Å². The molecule has 6 heterocycles. The van der Waals surface area contributed by atoms with E-state index >= 15 is 0 Å². The minimum Gasteiger partial charge on any atom is -0.508 e. The molecule has 0 radical (unpaired) electrons. The van der Waals surface area contributed by atoms with Gasteiger partial charge in [-0.05, 0) is 155 Å². The summed E-state index contributed by atoms with van der Waals surface area (Å²) in [5.41, 5.74) is 3.30. The van der Waals surface area contributed by atoms with E-state index in [1.807, 2.05) is 6.07 Å². The molecule has 0 bridgehead atoms. The van der Waals surface area contributed by atoms with Crippen LogP contribution in [0.4, 0.5) is 0 Å². The zero-order valence-corrected chi connectivity index (χ0v) is 65.2. The molecule has 6 aliphatic rings. The molecule has 12 aromatic rings. The Labute approximate surface area is 715 Å². The number of carbonyl (C=O) groups is 2. The molecule has 0 saturated heterocycles. The molecule has 0 amide bonds. The number of rotatable bonds is 6. The van der Waals surface area contributed by atoms with Crippen molar-refractivity contribution in [3.8, 4) is 144 Å². The normalized spacial score (nSPS) is 22.9. The molecule has 37 heteroatoms. The largest absolute Gasteiger partial charge is 0.508 e. The monoisotopic (exact) mass is 1750 g/mol. The maximum absolute atomic E-state index is 12.2. The van der Waals surface area contributed by atoms with E-state index in [0.29, 0.717) is 22.3 Å². The lowest BCUT2D eigenvalue weighted by atomic mass is 9.91. The molecular weight excluding hydrogens is 1670 g/mol. The second kappa shape index (κ2) is 36.6. The van der Waals surface area contributed by atoms with Crippen molar-refractivity contribution in [2.24, 2.45) is 0 Å². The number of hydrogen-bond donors (Lipinski definition) is 29. The third-order valence-electron chi connectivity index (χ3n) is 21.1. The highest BCUT2D eigenvalue weighted by Gasteiger charge is 2.46. The van der Waals surface area contributed by atoms with Gasteiger partial charge < -0.3 is 177 Å². The molecular formula is C90H80O37. The SMILES string of the molecule is O=C1c2c(O)cc(O)cc2O[C@H](c2ccccc2)[C@H]1O.O=C1c2ccc(O)c(O)c2O[C@H](c2ccc(O)cc2)[C@@H]1O.Oc1ccc([C@H]2Oc3c(ccc(O)c3O)[C@@H](O)[C@H]2O)cc1.Oc1ccc([C@H]2Oc3c(ccc(O)c3O)[C@@H](O)[C@H]2O)cc1.Oc1ccc([C@H]2Oc3c(ccc(O)c3O)[C@@H](O)[C@H]2O)cc1O.Oc1ccc([C@H]2Oc3c(ccc(O)c3O)[C@H](O)[C@H]2O)cc1O. The van der Waals surface area contributed by atoms with Crippen LogP contribution in [0.15, 0.2) is 212 Å². The van der Waals surface area contributed by atoms with Crippen LogP contribution in [-0.4, -0.2) is 196 Å². The maximum atomic E-state index is 12.2. The van der Waals surface area contributed by atoms with Gasteiger partial charge in [0.1, 0.15) is 88.9 Å². The quantitative estimate of drug-likeness (QED) is 0.0701. The summed E-state index contributed by atoms with van der Waals surface area (Å²) in [5, 5.41) is 283. The average molecular weight is 1750 g/mol. The fraction of sp³-hybridized carbons (Fsp3) is 0.178. The first-order valence-electron chi connectivity index (χ1n) is 38.0. The van der Waals surface area contributed by atoms with Crippen LogP contribution in [0.5, 0.6) is 144 Å². The van der Waals surface area contributed by atoms with E-state index in [0.717, 1.165) is 12.1 Å². The third kappa shape index (κ3) is 17.9. The Kier molecular flexibility index (Phi) is 25.7. The van der Waals surface area contributed by atoms with Crippen LogP contribution >= 0.6 is 0 Å². The molecule has 12 aromatic carbocycles. The predicted octanol–water partition coefficient (Wildman–Crippen LogP) is 7.99. The molecule has 127 heavy (non-hydrogen) atoms. The number of fused-ring (bicyclic) bond motifs is 6. The van der Waals surface area contributed by atoms with Crippen LogP contribution in [-0.2, 0) is 0 Å². The molecule has 18 rings (SSSR count). The lowest BCUT2D eigenvalue weighted by Crippen LogP contribution is -2.36. The van der Waals surface area contributed by atoms with Crippen molar-refractivity contribution in [1.29, 1.82) is 0 Å². The van der Waals surface area contributed by atoms with Crippen LogP contribution in [0.2, 0.25) is 0 Å². The lowest BCUT2D eigenvalue weighted by Gasteiger charge is -2.34. The smallest absolute Gasteiger partial charge is 0.202 e. The summed E-state index contributed by atoms with van der Waals surface area (Å²) in [7, 11) is 0. The summed E-state index contributed by atoms with van der Waals surface area (Å²) < 4.78 is 33.2. The van der Waals surface area contributed by atoms with Gasteiger partial charge in [0.2, 0.25) is 34.5 Å². The average Bonchev–Trinajstić information content (AvgIpc) is 0.769. The summed E-state index contributed by atoms with van der Waals surface area (Å²) >= 11 is 0. The molecule has 29 N–H and O–H groups in total. The Morgan fingerprint density at radius 1 is 0.205 bits per heavy atom. The first-order chi connectivity index (χ1) is 60.3. The molecule has 6 aliphatic heterocycles. The van der Waals surface area contributed by atoms with Gasteiger partial charge in [-0.15, -0.1) is 0 Å². The van der Waals surface area contributed by atoms with Gasteiger partial charge in [-0.3, -0.25) is 9.59 Å². The zero-order chi connectivity index (χ0) is 91.7. The summed E-state index contributed by atoms with van der Waals surface area (Å²) in [4.78, 5) is 24.3. The van der Waals surface area contributed by atoms with Crippen molar-refractivity contribution in [3.05, 3.63) is 279 Å². The van der Waals surface area contributed by atoms with Crippen LogP contribution in [0.1, 0.15) is 137 Å². The zero-order valence-electron chi connectivity index (χ0n) is 65.2. The second-order valence-electron chi connectivity index (χ2n) is 29.3. The van der Waals surface area contributed by atoms with Crippen molar-refractivity contribution in [3.63, 3.8) is 0 Å². The van der Waals surface area contributed by atoms with E-state index in [1.165, 1.54) is 146 Å². The summed E-state index contributed by atoms with van der Waals surface area (Å²) in [6, 6.07) is 49.0. The Bertz CT molecular complexity index is 5810. The van der Waals surface area contributed by atoms with Gasteiger partial charge in [0.05, 0.1) is 5.56 Å². The highest BCUT2D eigenvalue weighted by atomic mass is 16.5.